The first-order chi connectivity index (χ1) is 13.5. The summed E-state index contributed by atoms with van der Waals surface area (Å²) >= 11 is 0. The predicted octanol–water partition coefficient (Wildman–Crippen LogP) is 3.36. The van der Waals surface area contributed by atoms with Gasteiger partial charge in [0.15, 0.2) is 0 Å². The standard InChI is InChI=1S/C23H26N2O3/c1-24-14-7-12-23(22(27)28)13-15-25(16-20(23)24)21(26)19-11-6-5-10-18(19)17-8-3-2-4-9-17/h2-6,8-11,20H,7,12-16H2,1H3,(H,27,28)/t20-,23+/m1/s1. The van der Waals surface area contributed by atoms with Gasteiger partial charge in [-0.25, -0.2) is 0 Å². The third-order valence-corrected chi connectivity index (χ3v) is 6.48. The van der Waals surface area contributed by atoms with Gasteiger partial charge in [-0.1, -0.05) is 48.5 Å². The van der Waals surface area contributed by atoms with Crippen molar-refractivity contribution in [3.8, 4) is 11.1 Å². The highest BCUT2D eigenvalue weighted by molar-refractivity contribution is 6.01. The molecule has 2 atom stereocenters. The van der Waals surface area contributed by atoms with Gasteiger partial charge in [-0.15, -0.1) is 0 Å². The molecule has 4 rings (SSSR count). The van der Waals surface area contributed by atoms with E-state index in [0.29, 0.717) is 31.5 Å². The highest BCUT2D eigenvalue weighted by atomic mass is 16.4. The van der Waals surface area contributed by atoms with Crippen LogP contribution in [0.2, 0.25) is 0 Å². The van der Waals surface area contributed by atoms with Crippen LogP contribution in [0.15, 0.2) is 54.6 Å². The van der Waals surface area contributed by atoms with Gasteiger partial charge in [0.2, 0.25) is 0 Å². The van der Waals surface area contributed by atoms with Crippen LogP contribution >= 0.6 is 0 Å². The first-order valence-electron chi connectivity index (χ1n) is 9.90. The van der Waals surface area contributed by atoms with Crippen molar-refractivity contribution in [1.29, 1.82) is 0 Å². The number of carbonyl (C=O) groups excluding carboxylic acids is 1. The lowest BCUT2D eigenvalue weighted by atomic mass is 9.68. The number of rotatable bonds is 3. The molecule has 0 bridgehead atoms. The van der Waals surface area contributed by atoms with E-state index in [1.54, 1.807) is 0 Å². The van der Waals surface area contributed by atoms with Gasteiger partial charge in [0.05, 0.1) is 5.41 Å². The van der Waals surface area contributed by atoms with Gasteiger partial charge in [0.1, 0.15) is 0 Å². The highest BCUT2D eigenvalue weighted by Crippen LogP contribution is 2.42. The van der Waals surface area contributed by atoms with Crippen LogP contribution in [0.25, 0.3) is 11.1 Å². The van der Waals surface area contributed by atoms with Gasteiger partial charge in [0, 0.05) is 24.7 Å². The summed E-state index contributed by atoms with van der Waals surface area (Å²) in [5, 5.41) is 9.95. The number of piperidine rings is 2. The van der Waals surface area contributed by atoms with Gasteiger partial charge >= 0.3 is 5.97 Å². The Morgan fingerprint density at radius 1 is 1.00 bits per heavy atom. The molecule has 0 saturated carbocycles. The minimum Gasteiger partial charge on any atom is -0.481 e. The van der Waals surface area contributed by atoms with E-state index in [1.165, 1.54) is 0 Å². The molecule has 2 saturated heterocycles. The minimum atomic E-state index is -0.733. The summed E-state index contributed by atoms with van der Waals surface area (Å²) in [6.45, 7) is 1.83. The van der Waals surface area contributed by atoms with Crippen molar-refractivity contribution in [1.82, 2.24) is 9.80 Å². The van der Waals surface area contributed by atoms with Crippen LogP contribution in [0.3, 0.4) is 0 Å². The zero-order valence-corrected chi connectivity index (χ0v) is 16.2. The highest BCUT2D eigenvalue weighted by Gasteiger charge is 2.52. The number of carboxylic acids is 1. The molecule has 0 radical (unpaired) electrons. The Hall–Kier alpha value is -2.66. The molecule has 28 heavy (non-hydrogen) atoms. The number of benzene rings is 2. The van der Waals surface area contributed by atoms with Crippen molar-refractivity contribution in [3.05, 3.63) is 60.2 Å². The molecule has 5 heteroatoms. The molecule has 2 aromatic carbocycles. The van der Waals surface area contributed by atoms with E-state index in [2.05, 4.69) is 4.90 Å². The molecule has 2 fully saturated rings. The molecule has 2 heterocycles. The molecule has 2 aliphatic heterocycles. The quantitative estimate of drug-likeness (QED) is 0.890. The van der Waals surface area contributed by atoms with Gasteiger partial charge in [-0.05, 0) is 50.0 Å². The van der Waals surface area contributed by atoms with Crippen LogP contribution < -0.4 is 0 Å². The van der Waals surface area contributed by atoms with Crippen LogP contribution in [0.1, 0.15) is 29.6 Å². The monoisotopic (exact) mass is 378 g/mol. The van der Waals surface area contributed by atoms with Crippen LogP contribution in [0.5, 0.6) is 0 Å². The van der Waals surface area contributed by atoms with E-state index >= 15 is 0 Å². The van der Waals surface area contributed by atoms with Crippen LogP contribution in [0.4, 0.5) is 0 Å². The number of fused-ring (bicyclic) bond motifs is 1. The number of likely N-dealkylation sites (tertiary alicyclic amines) is 2. The Kier molecular flexibility index (Phi) is 4.94. The molecule has 5 nitrogen and oxygen atoms in total. The third kappa shape index (κ3) is 3.10. The van der Waals surface area contributed by atoms with Gasteiger partial charge in [-0.3, -0.25) is 9.59 Å². The second-order valence-electron chi connectivity index (χ2n) is 7.97. The van der Waals surface area contributed by atoms with Crippen molar-refractivity contribution < 1.29 is 14.7 Å². The SMILES string of the molecule is CN1CCC[C@]2(C(=O)O)CCN(C(=O)c3ccccc3-c3ccccc3)C[C@@H]12. The zero-order chi connectivity index (χ0) is 19.7. The normalized spacial score (nSPS) is 25.2. The molecule has 0 unspecified atom stereocenters. The number of carboxylic acid groups (broad SMARTS) is 1. The molecule has 2 aromatic rings. The Morgan fingerprint density at radius 3 is 2.46 bits per heavy atom. The van der Waals surface area contributed by atoms with E-state index < -0.39 is 11.4 Å². The van der Waals surface area contributed by atoms with E-state index in [-0.39, 0.29) is 11.9 Å². The lowest BCUT2D eigenvalue weighted by molar-refractivity contribution is -0.161. The zero-order valence-electron chi connectivity index (χ0n) is 16.2. The van der Waals surface area contributed by atoms with Crippen molar-refractivity contribution in [2.75, 3.05) is 26.7 Å². The molecule has 1 amide bonds. The molecule has 146 valence electrons. The lowest BCUT2D eigenvalue weighted by Gasteiger charge is -2.51. The van der Waals surface area contributed by atoms with Crippen molar-refractivity contribution in [2.24, 2.45) is 5.41 Å². The Labute approximate surface area is 165 Å². The average Bonchev–Trinajstić information content (AvgIpc) is 2.74. The average molecular weight is 378 g/mol. The largest absolute Gasteiger partial charge is 0.481 e. The van der Waals surface area contributed by atoms with Gasteiger partial charge < -0.3 is 14.9 Å². The molecule has 0 aliphatic carbocycles. The van der Waals surface area contributed by atoms with E-state index in [0.717, 1.165) is 24.1 Å². The molecule has 2 aliphatic rings. The summed E-state index contributed by atoms with van der Waals surface area (Å²) in [4.78, 5) is 29.5. The number of carbonyl (C=O) groups is 2. The fourth-order valence-electron chi connectivity index (χ4n) is 4.88. The summed E-state index contributed by atoms with van der Waals surface area (Å²) in [6.07, 6.45) is 2.10. The lowest BCUT2D eigenvalue weighted by Crippen LogP contribution is -2.63. The fourth-order valence-corrected chi connectivity index (χ4v) is 4.88. The predicted molar refractivity (Wildman–Crippen MR) is 108 cm³/mol. The molecule has 0 aromatic heterocycles. The van der Waals surface area contributed by atoms with Crippen molar-refractivity contribution in [3.63, 3.8) is 0 Å². The number of amides is 1. The van der Waals surface area contributed by atoms with Crippen molar-refractivity contribution in [2.45, 2.75) is 25.3 Å². The summed E-state index contributed by atoms with van der Waals surface area (Å²) in [5.74, 6) is -0.738. The fraction of sp³-hybridized carbons (Fsp3) is 0.391. The molecular formula is C23H26N2O3. The third-order valence-electron chi connectivity index (χ3n) is 6.48. The van der Waals surface area contributed by atoms with Crippen LogP contribution in [-0.4, -0.2) is 59.5 Å². The van der Waals surface area contributed by atoms with Crippen LogP contribution in [0, 0.1) is 5.41 Å². The van der Waals surface area contributed by atoms with E-state index in [4.69, 9.17) is 0 Å². The second-order valence-corrected chi connectivity index (χ2v) is 7.97. The Balaban J connectivity index is 1.63. The summed E-state index contributed by atoms with van der Waals surface area (Å²) in [5.41, 5.74) is 1.87. The number of likely N-dealkylation sites (N-methyl/N-ethyl adjacent to an activating group) is 1. The summed E-state index contributed by atoms with van der Waals surface area (Å²) < 4.78 is 0. The summed E-state index contributed by atoms with van der Waals surface area (Å²) in [7, 11) is 1.98. The molecule has 1 N–H and O–H groups in total. The maximum absolute atomic E-state index is 13.4. The first-order valence-corrected chi connectivity index (χ1v) is 9.90. The molecular weight excluding hydrogens is 352 g/mol. The number of hydrogen-bond acceptors (Lipinski definition) is 3. The van der Waals surface area contributed by atoms with Gasteiger partial charge in [-0.2, -0.15) is 0 Å². The Morgan fingerprint density at radius 2 is 1.71 bits per heavy atom. The van der Waals surface area contributed by atoms with E-state index in [1.807, 2.05) is 66.5 Å². The number of hydrogen-bond donors (Lipinski definition) is 1. The number of aliphatic carboxylic acids is 1. The maximum Gasteiger partial charge on any atom is 0.311 e. The number of nitrogens with zero attached hydrogens (tertiary/aromatic N) is 2. The van der Waals surface area contributed by atoms with Crippen LogP contribution in [-0.2, 0) is 4.79 Å². The second kappa shape index (κ2) is 7.40. The van der Waals surface area contributed by atoms with Crippen molar-refractivity contribution >= 4 is 11.9 Å². The topological polar surface area (TPSA) is 60.9 Å². The minimum absolute atomic E-state index is 0.0163. The van der Waals surface area contributed by atoms with E-state index in [9.17, 15) is 14.7 Å². The Bertz CT molecular complexity index is 882. The smallest absolute Gasteiger partial charge is 0.311 e. The van der Waals surface area contributed by atoms with Gasteiger partial charge in [0.25, 0.3) is 5.91 Å². The molecule has 0 spiro atoms. The summed E-state index contributed by atoms with van der Waals surface area (Å²) in [6, 6.07) is 17.4. The first kappa shape index (κ1) is 18.7. The maximum atomic E-state index is 13.4.